The molecule has 2 aliphatic rings. The van der Waals surface area contributed by atoms with Crippen molar-refractivity contribution in [2.24, 2.45) is 10.8 Å². The molecule has 1 aliphatic carbocycles. The summed E-state index contributed by atoms with van der Waals surface area (Å²) in [6.07, 6.45) is 13.5. The molecule has 1 heterocycles. The highest BCUT2D eigenvalue weighted by Crippen LogP contribution is 2.64. The summed E-state index contributed by atoms with van der Waals surface area (Å²) in [4.78, 5) is 2.42. The van der Waals surface area contributed by atoms with Crippen molar-refractivity contribution in [2.45, 2.75) is 33.1 Å². The molecule has 4 rings (SSSR count). The van der Waals surface area contributed by atoms with Crippen molar-refractivity contribution >= 4 is 11.4 Å². The summed E-state index contributed by atoms with van der Waals surface area (Å²) in [5, 5.41) is 0. The third-order valence-corrected chi connectivity index (χ3v) is 6.83. The summed E-state index contributed by atoms with van der Waals surface area (Å²) < 4.78 is 0. The molecule has 148 valence electrons. The molecule has 2 aromatic carbocycles. The van der Waals surface area contributed by atoms with E-state index in [0.717, 1.165) is 12.1 Å². The van der Waals surface area contributed by atoms with Gasteiger partial charge in [0.2, 0.25) is 0 Å². The SMILES string of the molecule is C=C1/C=C\C=C/CN(c2ccccc2)c2ccccc2C12C(C)(C)C=CC2(C)C. The van der Waals surface area contributed by atoms with Crippen LogP contribution in [-0.2, 0) is 5.41 Å². The van der Waals surface area contributed by atoms with E-state index in [4.69, 9.17) is 0 Å². The largest absolute Gasteiger partial charge is 0.337 e. The number of para-hydroxylation sites is 2. The highest BCUT2D eigenvalue weighted by Gasteiger charge is 2.59. The van der Waals surface area contributed by atoms with Crippen molar-refractivity contribution < 1.29 is 0 Å². The van der Waals surface area contributed by atoms with Gasteiger partial charge in [0.15, 0.2) is 0 Å². The van der Waals surface area contributed by atoms with Gasteiger partial charge in [-0.2, -0.15) is 0 Å². The molecule has 0 saturated carbocycles. The molecule has 0 bridgehead atoms. The monoisotopic (exact) mass is 381 g/mol. The lowest BCUT2D eigenvalue weighted by molar-refractivity contribution is 0.168. The Labute approximate surface area is 175 Å². The fourth-order valence-corrected chi connectivity index (χ4v) is 5.71. The molecule has 1 nitrogen and oxygen atoms in total. The van der Waals surface area contributed by atoms with Crippen LogP contribution in [0.1, 0.15) is 33.3 Å². The first-order valence-electron chi connectivity index (χ1n) is 10.5. The van der Waals surface area contributed by atoms with Gasteiger partial charge in [0, 0.05) is 23.3 Å². The Bertz CT molecular complexity index is 984. The van der Waals surface area contributed by atoms with E-state index >= 15 is 0 Å². The molecule has 0 N–H and O–H groups in total. The average Bonchev–Trinajstić information content (AvgIpc) is 2.90. The molecule has 0 aromatic heterocycles. The summed E-state index contributed by atoms with van der Waals surface area (Å²) in [6, 6.07) is 19.6. The number of hydrogen-bond acceptors (Lipinski definition) is 1. The number of fused-ring (bicyclic) bond motifs is 2. The summed E-state index contributed by atoms with van der Waals surface area (Å²) in [5.74, 6) is 0. The molecule has 1 aliphatic heterocycles. The van der Waals surface area contributed by atoms with Crippen molar-refractivity contribution in [3.63, 3.8) is 0 Å². The van der Waals surface area contributed by atoms with Gasteiger partial charge in [-0.05, 0) is 40.2 Å². The van der Waals surface area contributed by atoms with Gasteiger partial charge in [-0.25, -0.2) is 0 Å². The molecule has 0 unspecified atom stereocenters. The zero-order valence-electron chi connectivity index (χ0n) is 18.0. The lowest BCUT2D eigenvalue weighted by Crippen LogP contribution is -2.49. The molecule has 0 atom stereocenters. The van der Waals surface area contributed by atoms with Gasteiger partial charge >= 0.3 is 0 Å². The lowest BCUT2D eigenvalue weighted by atomic mass is 9.51. The topological polar surface area (TPSA) is 3.24 Å². The Morgan fingerprint density at radius 3 is 2.10 bits per heavy atom. The van der Waals surface area contributed by atoms with Crippen LogP contribution in [0.4, 0.5) is 11.4 Å². The quantitative estimate of drug-likeness (QED) is 0.466. The van der Waals surface area contributed by atoms with Crippen molar-refractivity contribution in [1.82, 2.24) is 0 Å². The predicted molar refractivity (Wildman–Crippen MR) is 126 cm³/mol. The van der Waals surface area contributed by atoms with Crippen molar-refractivity contribution in [2.75, 3.05) is 11.4 Å². The van der Waals surface area contributed by atoms with Gasteiger partial charge < -0.3 is 4.90 Å². The summed E-state index contributed by atoms with van der Waals surface area (Å²) in [6.45, 7) is 14.9. The van der Waals surface area contributed by atoms with Crippen LogP contribution in [0.5, 0.6) is 0 Å². The average molecular weight is 382 g/mol. The van der Waals surface area contributed by atoms with E-state index in [9.17, 15) is 0 Å². The molecule has 1 heteroatoms. The van der Waals surface area contributed by atoms with Gasteiger partial charge in [-0.1, -0.05) is 107 Å². The van der Waals surface area contributed by atoms with Crippen LogP contribution in [0.15, 0.2) is 103 Å². The fraction of sp³-hybridized carbons (Fsp3) is 0.286. The van der Waals surface area contributed by atoms with Crippen LogP contribution in [-0.4, -0.2) is 6.54 Å². The first-order valence-corrected chi connectivity index (χ1v) is 10.5. The fourth-order valence-electron chi connectivity index (χ4n) is 5.71. The van der Waals surface area contributed by atoms with Gasteiger partial charge in [-0.15, -0.1) is 0 Å². The standard InChI is InChI=1S/C28H31N/c1-22-14-8-7-13-21-29(23-15-9-6-10-16-23)25-18-12-11-17-24(25)28(22)26(2,3)19-20-27(28,4)5/h6-20H,1,21H2,2-5H3/b13-7-,14-8-. The number of anilines is 2. The molecule has 29 heavy (non-hydrogen) atoms. The maximum atomic E-state index is 4.63. The van der Waals surface area contributed by atoms with Crippen molar-refractivity contribution in [3.05, 3.63) is 109 Å². The van der Waals surface area contributed by atoms with Crippen molar-refractivity contribution in [3.8, 4) is 0 Å². The Morgan fingerprint density at radius 2 is 1.41 bits per heavy atom. The van der Waals surface area contributed by atoms with E-state index in [1.54, 1.807) is 0 Å². The van der Waals surface area contributed by atoms with E-state index in [-0.39, 0.29) is 16.2 Å². The maximum absolute atomic E-state index is 4.63. The smallest absolute Gasteiger partial charge is 0.0456 e. The molecule has 0 saturated heterocycles. The molecule has 0 radical (unpaired) electrons. The normalized spacial score (nSPS) is 23.6. The zero-order chi connectivity index (χ0) is 20.7. The first kappa shape index (κ1) is 19.5. The number of hydrogen-bond donors (Lipinski definition) is 0. The van der Waals surface area contributed by atoms with Crippen LogP contribution < -0.4 is 4.90 Å². The molecule has 0 fully saturated rings. The van der Waals surface area contributed by atoms with E-state index in [2.05, 4.69) is 130 Å². The van der Waals surface area contributed by atoms with Gasteiger partial charge in [-0.3, -0.25) is 0 Å². The third-order valence-electron chi connectivity index (χ3n) is 6.83. The Morgan fingerprint density at radius 1 is 0.793 bits per heavy atom. The van der Waals surface area contributed by atoms with Crippen LogP contribution in [0.2, 0.25) is 0 Å². The van der Waals surface area contributed by atoms with E-state index in [1.165, 1.54) is 16.9 Å². The minimum atomic E-state index is -0.245. The third kappa shape index (κ3) is 2.83. The van der Waals surface area contributed by atoms with Crippen LogP contribution in [0.3, 0.4) is 0 Å². The summed E-state index contributed by atoms with van der Waals surface area (Å²) >= 11 is 0. The van der Waals surface area contributed by atoms with E-state index in [1.807, 2.05) is 0 Å². The number of allylic oxidation sites excluding steroid dienone is 6. The highest BCUT2D eigenvalue weighted by molar-refractivity contribution is 5.72. The van der Waals surface area contributed by atoms with Crippen molar-refractivity contribution in [1.29, 1.82) is 0 Å². The molecule has 1 spiro atoms. The number of rotatable bonds is 1. The van der Waals surface area contributed by atoms with E-state index < -0.39 is 0 Å². The van der Waals surface area contributed by atoms with E-state index in [0.29, 0.717) is 0 Å². The second-order valence-corrected chi connectivity index (χ2v) is 9.30. The highest BCUT2D eigenvalue weighted by atomic mass is 15.1. The molecule has 2 aromatic rings. The summed E-state index contributed by atoms with van der Waals surface area (Å²) in [5.41, 5.74) is 4.57. The Hall–Kier alpha value is -2.80. The molecule has 0 amide bonds. The van der Waals surface area contributed by atoms with Gasteiger partial charge in [0.1, 0.15) is 0 Å². The lowest BCUT2D eigenvalue weighted by Gasteiger charge is -2.52. The minimum absolute atomic E-state index is 0.0701. The van der Waals surface area contributed by atoms with Crippen LogP contribution in [0, 0.1) is 10.8 Å². The van der Waals surface area contributed by atoms with Gasteiger partial charge in [0.05, 0.1) is 0 Å². The number of nitrogens with zero attached hydrogens (tertiary/aromatic N) is 1. The minimum Gasteiger partial charge on any atom is -0.337 e. The summed E-state index contributed by atoms with van der Waals surface area (Å²) in [7, 11) is 0. The molecular formula is C28H31N. The zero-order valence-corrected chi connectivity index (χ0v) is 18.0. The van der Waals surface area contributed by atoms with Crippen LogP contribution in [0.25, 0.3) is 0 Å². The maximum Gasteiger partial charge on any atom is 0.0456 e. The molecular weight excluding hydrogens is 350 g/mol. The Balaban J connectivity index is 2.07. The van der Waals surface area contributed by atoms with Gasteiger partial charge in [0.25, 0.3) is 0 Å². The second-order valence-electron chi connectivity index (χ2n) is 9.30. The second kappa shape index (κ2) is 6.91. The predicted octanol–water partition coefficient (Wildman–Crippen LogP) is 7.37. The number of benzene rings is 2. The van der Waals surface area contributed by atoms with Crippen LogP contribution >= 0.6 is 0 Å². The Kier molecular flexibility index (Phi) is 4.65. The first-order chi connectivity index (χ1) is 13.8.